The highest BCUT2D eigenvalue weighted by Crippen LogP contribution is 2.43. The molecule has 0 saturated heterocycles. The minimum absolute atomic E-state index is 0.00725. The molecule has 0 bridgehead atoms. The molecule has 6 nitrogen and oxygen atoms in total. The first kappa shape index (κ1) is 40.4. The highest BCUT2D eigenvalue weighted by atomic mass is 28.4. The molecule has 0 spiro atoms. The second-order valence-corrected chi connectivity index (χ2v) is 26.2. The minimum Gasteiger partial charge on any atom is -0.457 e. The SMILES string of the molecule is COC1/C=C(/C)CC(/C=C/C=C/C#CC2CC2)OC(=O)CC(=O)C[C@H](O[Si](C)(C)C(C)(C)C)[C@@H](C)[C@H](O[Si](C)(C)C(C)(C)C)[C@@H]1C. The Morgan fingerprint density at radius 1 is 0.891 bits per heavy atom. The highest BCUT2D eigenvalue weighted by Gasteiger charge is 2.47. The predicted molar refractivity (Wildman–Crippen MR) is 195 cm³/mol. The fourth-order valence-electron chi connectivity index (χ4n) is 5.10. The molecule has 1 heterocycles. The maximum Gasteiger partial charge on any atom is 0.313 e. The fraction of sp³-hybridized carbons (Fsp3) is 0.737. The van der Waals surface area contributed by atoms with Crippen LogP contribution in [0.5, 0.6) is 0 Å². The topological polar surface area (TPSA) is 71.1 Å². The molecule has 1 fully saturated rings. The zero-order valence-electron chi connectivity index (χ0n) is 31.4. The van der Waals surface area contributed by atoms with E-state index in [1.54, 1.807) is 7.11 Å². The van der Waals surface area contributed by atoms with Crippen LogP contribution in [0.25, 0.3) is 0 Å². The van der Waals surface area contributed by atoms with Gasteiger partial charge in [0.25, 0.3) is 0 Å². The minimum atomic E-state index is -2.29. The maximum atomic E-state index is 13.6. The van der Waals surface area contributed by atoms with E-state index in [9.17, 15) is 9.59 Å². The lowest BCUT2D eigenvalue weighted by molar-refractivity contribution is -0.149. The van der Waals surface area contributed by atoms with Gasteiger partial charge in [-0.3, -0.25) is 9.59 Å². The van der Waals surface area contributed by atoms with Crippen LogP contribution in [0.4, 0.5) is 0 Å². The van der Waals surface area contributed by atoms with Gasteiger partial charge in [-0.05, 0) is 68.2 Å². The summed E-state index contributed by atoms with van der Waals surface area (Å²) in [6, 6.07) is 0. The molecule has 0 N–H and O–H groups in total. The van der Waals surface area contributed by atoms with Crippen LogP contribution in [0, 0.1) is 29.6 Å². The van der Waals surface area contributed by atoms with Crippen molar-refractivity contribution in [1.29, 1.82) is 0 Å². The summed E-state index contributed by atoms with van der Waals surface area (Å²) >= 11 is 0. The van der Waals surface area contributed by atoms with Crippen molar-refractivity contribution in [3.63, 3.8) is 0 Å². The van der Waals surface area contributed by atoms with Crippen LogP contribution in [0.3, 0.4) is 0 Å². The van der Waals surface area contributed by atoms with E-state index >= 15 is 0 Å². The molecule has 6 atom stereocenters. The molecule has 0 aromatic rings. The van der Waals surface area contributed by atoms with Crippen molar-refractivity contribution in [2.45, 2.75) is 155 Å². The third kappa shape index (κ3) is 12.4. The van der Waals surface area contributed by atoms with E-state index in [0.717, 1.165) is 5.57 Å². The lowest BCUT2D eigenvalue weighted by Crippen LogP contribution is -2.53. The van der Waals surface area contributed by atoms with E-state index in [4.69, 9.17) is 18.3 Å². The molecule has 1 aliphatic heterocycles. The van der Waals surface area contributed by atoms with Gasteiger partial charge < -0.3 is 18.3 Å². The first-order valence-corrected chi connectivity index (χ1v) is 23.0. The molecule has 46 heavy (non-hydrogen) atoms. The number of allylic oxidation sites excluding steroid dienone is 3. The summed E-state index contributed by atoms with van der Waals surface area (Å²) in [4.78, 5) is 26.7. The van der Waals surface area contributed by atoms with Crippen molar-refractivity contribution in [1.82, 2.24) is 0 Å². The molecule has 0 aromatic carbocycles. The van der Waals surface area contributed by atoms with Gasteiger partial charge in [0.05, 0.1) is 18.3 Å². The van der Waals surface area contributed by atoms with Crippen molar-refractivity contribution < 1.29 is 27.9 Å². The average molecular weight is 673 g/mol. The monoisotopic (exact) mass is 672 g/mol. The number of ketones is 1. The smallest absolute Gasteiger partial charge is 0.313 e. The first-order valence-electron chi connectivity index (χ1n) is 17.2. The Morgan fingerprint density at radius 3 is 2.02 bits per heavy atom. The van der Waals surface area contributed by atoms with Gasteiger partial charge in [-0.1, -0.05) is 91.0 Å². The van der Waals surface area contributed by atoms with Crippen LogP contribution in [0.15, 0.2) is 36.0 Å². The Bertz CT molecular complexity index is 1190. The van der Waals surface area contributed by atoms with Crippen LogP contribution in [0.1, 0.15) is 94.4 Å². The van der Waals surface area contributed by atoms with Gasteiger partial charge in [0.2, 0.25) is 0 Å². The van der Waals surface area contributed by atoms with Crippen LogP contribution in [-0.4, -0.2) is 59.9 Å². The average Bonchev–Trinajstić information content (AvgIpc) is 3.73. The quantitative estimate of drug-likeness (QED) is 0.0671. The summed E-state index contributed by atoms with van der Waals surface area (Å²) in [7, 11) is -2.80. The molecule has 1 aliphatic carbocycles. The largest absolute Gasteiger partial charge is 0.457 e. The zero-order chi connectivity index (χ0) is 35.1. The van der Waals surface area contributed by atoms with Gasteiger partial charge in [-0.25, -0.2) is 0 Å². The van der Waals surface area contributed by atoms with Gasteiger partial charge in [-0.15, -0.1) is 0 Å². The number of Topliss-reactive ketones (excluding diaryl/α,β-unsaturated/α-hetero) is 1. The van der Waals surface area contributed by atoms with E-state index in [2.05, 4.69) is 99.5 Å². The predicted octanol–water partition coefficient (Wildman–Crippen LogP) is 9.19. The van der Waals surface area contributed by atoms with E-state index in [0.29, 0.717) is 12.3 Å². The van der Waals surface area contributed by atoms with Crippen molar-refractivity contribution in [2.75, 3.05) is 7.11 Å². The Morgan fingerprint density at radius 2 is 1.48 bits per heavy atom. The zero-order valence-corrected chi connectivity index (χ0v) is 33.4. The molecule has 2 unspecified atom stereocenters. The molecule has 260 valence electrons. The second-order valence-electron chi connectivity index (χ2n) is 16.6. The normalized spacial score (nSPS) is 29.6. The van der Waals surface area contributed by atoms with Crippen LogP contribution >= 0.6 is 0 Å². The summed E-state index contributed by atoms with van der Waals surface area (Å²) in [5.41, 5.74) is 1.04. The number of ether oxygens (including phenoxy) is 2. The van der Waals surface area contributed by atoms with E-state index < -0.39 is 34.8 Å². The van der Waals surface area contributed by atoms with E-state index in [-0.39, 0.29) is 52.7 Å². The van der Waals surface area contributed by atoms with Crippen molar-refractivity contribution >= 4 is 28.4 Å². The van der Waals surface area contributed by atoms with E-state index in [1.807, 2.05) is 31.2 Å². The van der Waals surface area contributed by atoms with Crippen LogP contribution in [0.2, 0.25) is 36.3 Å². The number of carbonyl (C=O) groups excluding carboxylic acids is 2. The molecule has 0 aromatic heterocycles. The summed E-state index contributed by atoms with van der Waals surface area (Å²) in [6.45, 7) is 28.7. The first-order chi connectivity index (χ1) is 21.1. The molecule has 8 heteroatoms. The molecule has 2 aliphatic rings. The van der Waals surface area contributed by atoms with Crippen molar-refractivity contribution in [3.8, 4) is 11.8 Å². The second kappa shape index (κ2) is 16.6. The Labute approximate surface area is 283 Å². The molecule has 0 amide bonds. The van der Waals surface area contributed by atoms with Gasteiger partial charge in [0.1, 0.15) is 18.3 Å². The molecular formula is C38H64O6Si2. The number of hydrogen-bond donors (Lipinski definition) is 0. The summed E-state index contributed by atoms with van der Waals surface area (Å²) in [5, 5.41) is -0.0612. The molecular weight excluding hydrogens is 609 g/mol. The third-order valence-electron chi connectivity index (χ3n) is 10.4. The van der Waals surface area contributed by atoms with Gasteiger partial charge >= 0.3 is 5.97 Å². The number of hydrogen-bond acceptors (Lipinski definition) is 6. The number of methoxy groups -OCH3 is 1. The Kier molecular flexibility index (Phi) is 14.5. The Balaban J connectivity index is 2.57. The number of rotatable bonds is 7. The summed E-state index contributed by atoms with van der Waals surface area (Å²) in [6.07, 6.45) is 10.8. The van der Waals surface area contributed by atoms with Gasteiger partial charge in [0, 0.05) is 37.7 Å². The number of cyclic esters (lactones) is 1. The molecule has 0 radical (unpaired) electrons. The summed E-state index contributed by atoms with van der Waals surface area (Å²) < 4.78 is 26.3. The lowest BCUT2D eigenvalue weighted by Gasteiger charge is -2.47. The van der Waals surface area contributed by atoms with Gasteiger partial charge in [-0.2, -0.15) is 0 Å². The van der Waals surface area contributed by atoms with Gasteiger partial charge in [0.15, 0.2) is 16.6 Å². The van der Waals surface area contributed by atoms with Crippen LogP contribution < -0.4 is 0 Å². The molecule has 2 rings (SSSR count). The van der Waals surface area contributed by atoms with Crippen molar-refractivity contribution in [2.24, 2.45) is 17.8 Å². The summed E-state index contributed by atoms with van der Waals surface area (Å²) in [5.74, 6) is 5.97. The van der Waals surface area contributed by atoms with E-state index in [1.165, 1.54) is 12.8 Å². The highest BCUT2D eigenvalue weighted by molar-refractivity contribution is 6.74. The number of esters is 1. The molecule has 1 saturated carbocycles. The Hall–Kier alpha value is -1.77. The number of carbonyl (C=O) groups is 2. The third-order valence-corrected chi connectivity index (χ3v) is 19.4. The maximum absolute atomic E-state index is 13.6. The van der Waals surface area contributed by atoms with Crippen molar-refractivity contribution in [3.05, 3.63) is 36.0 Å². The lowest BCUT2D eigenvalue weighted by atomic mass is 9.83. The standard InChI is InChI=1S/C38H64O6Si2/c1-27-23-32(20-18-16-15-17-19-30-21-22-30)42-35(40)26-31(39)25-34(43-45(11,12)37(4,5)6)29(3)36(28(2)33(24-27)41-10)44-46(13,14)38(7,8)9/h15-16,18,20,24,28-30,32-34,36H,21-23,25-26H2,1-14H3/b16-15+,20-18+,27-24-/t28-,29-,32?,33?,34+,36-/m1/s1. The fourth-order valence-corrected chi connectivity index (χ4v) is 7.97. The van der Waals surface area contributed by atoms with Crippen LogP contribution in [-0.2, 0) is 27.9 Å².